The number of hydrogen-bond acceptors (Lipinski definition) is 0. The molecule has 3 atom stereocenters. The Kier molecular flexibility index (Phi) is 1.49. The maximum Gasteiger partial charge on any atom is 0.0483 e. The quantitative estimate of drug-likeness (QED) is 0.459. The number of alkyl halides is 2. The van der Waals surface area contributed by atoms with Crippen LogP contribution in [0, 0.1) is 5.92 Å². The first-order valence-electron chi connectivity index (χ1n) is 3.26. The highest BCUT2D eigenvalue weighted by Crippen LogP contribution is 2.47. The van der Waals surface area contributed by atoms with Crippen LogP contribution < -0.4 is 0 Å². The minimum absolute atomic E-state index is 0.635. The lowest BCUT2D eigenvalue weighted by atomic mass is 10.1. The SMILES string of the molecule is BrC1C2=CCC(C2)C1Br. The first-order chi connectivity index (χ1) is 4.29. The lowest BCUT2D eigenvalue weighted by Crippen LogP contribution is -2.16. The molecule has 1 saturated carbocycles. The van der Waals surface area contributed by atoms with Gasteiger partial charge in [-0.05, 0) is 18.8 Å². The van der Waals surface area contributed by atoms with Gasteiger partial charge in [0.2, 0.25) is 0 Å². The fraction of sp³-hybridized carbons (Fsp3) is 0.714. The van der Waals surface area contributed by atoms with Gasteiger partial charge in [-0.3, -0.25) is 0 Å². The van der Waals surface area contributed by atoms with Crippen molar-refractivity contribution >= 4 is 31.9 Å². The van der Waals surface area contributed by atoms with Gasteiger partial charge in [-0.25, -0.2) is 0 Å². The van der Waals surface area contributed by atoms with Crippen molar-refractivity contribution in [3.8, 4) is 0 Å². The summed E-state index contributed by atoms with van der Waals surface area (Å²) in [7, 11) is 0. The molecule has 0 aromatic heterocycles. The fourth-order valence-corrected chi connectivity index (χ4v) is 3.23. The van der Waals surface area contributed by atoms with Gasteiger partial charge >= 0.3 is 0 Å². The first-order valence-corrected chi connectivity index (χ1v) is 5.09. The second kappa shape index (κ2) is 2.09. The summed E-state index contributed by atoms with van der Waals surface area (Å²) >= 11 is 7.32. The standard InChI is InChI=1S/C7H8Br2/c8-6-4-1-2-5(3-4)7(6)9/h1,5-7H,2-3H2. The van der Waals surface area contributed by atoms with E-state index in [-0.39, 0.29) is 0 Å². The number of hydrogen-bond donors (Lipinski definition) is 0. The molecule has 2 aliphatic rings. The van der Waals surface area contributed by atoms with Gasteiger partial charge in [-0.15, -0.1) is 0 Å². The predicted molar refractivity (Wildman–Crippen MR) is 46.2 cm³/mol. The van der Waals surface area contributed by atoms with E-state index in [1.165, 1.54) is 12.8 Å². The highest BCUT2D eigenvalue weighted by atomic mass is 79.9. The smallest absolute Gasteiger partial charge is 0.0483 e. The van der Waals surface area contributed by atoms with Crippen LogP contribution in [0.15, 0.2) is 11.6 Å². The molecule has 1 fully saturated rings. The fourth-order valence-electron chi connectivity index (χ4n) is 1.68. The van der Waals surface area contributed by atoms with Gasteiger partial charge in [-0.2, -0.15) is 0 Å². The van der Waals surface area contributed by atoms with Crippen LogP contribution in [0.2, 0.25) is 0 Å². The highest BCUT2D eigenvalue weighted by Gasteiger charge is 2.39. The molecule has 0 aliphatic heterocycles. The normalized spacial score (nSPS) is 47.8. The molecule has 0 saturated heterocycles. The summed E-state index contributed by atoms with van der Waals surface area (Å²) in [6, 6.07) is 0. The van der Waals surface area contributed by atoms with Crippen molar-refractivity contribution in [1.29, 1.82) is 0 Å². The van der Waals surface area contributed by atoms with Crippen molar-refractivity contribution in [1.82, 2.24) is 0 Å². The molecule has 0 spiro atoms. The molecule has 0 aromatic carbocycles. The van der Waals surface area contributed by atoms with Crippen LogP contribution in [0.25, 0.3) is 0 Å². The summed E-state index contributed by atoms with van der Waals surface area (Å²) in [5.41, 5.74) is 1.61. The molecule has 9 heavy (non-hydrogen) atoms. The lowest BCUT2D eigenvalue weighted by molar-refractivity contribution is 0.603. The molecule has 50 valence electrons. The van der Waals surface area contributed by atoms with Gasteiger partial charge in [0.05, 0.1) is 0 Å². The molecule has 2 bridgehead atoms. The summed E-state index contributed by atoms with van der Waals surface area (Å²) in [4.78, 5) is 1.34. The van der Waals surface area contributed by atoms with Gasteiger partial charge in [0.25, 0.3) is 0 Å². The largest absolute Gasteiger partial charge is 0.0872 e. The average molecular weight is 252 g/mol. The van der Waals surface area contributed by atoms with E-state index in [9.17, 15) is 0 Å². The van der Waals surface area contributed by atoms with E-state index >= 15 is 0 Å². The number of fused-ring (bicyclic) bond motifs is 2. The monoisotopic (exact) mass is 250 g/mol. The van der Waals surface area contributed by atoms with Gasteiger partial charge in [0.15, 0.2) is 0 Å². The second-order valence-corrected chi connectivity index (χ2v) is 4.87. The highest BCUT2D eigenvalue weighted by molar-refractivity contribution is 9.12. The Morgan fingerprint density at radius 1 is 1.44 bits per heavy atom. The van der Waals surface area contributed by atoms with Crippen molar-refractivity contribution in [2.45, 2.75) is 22.5 Å². The molecule has 0 amide bonds. The lowest BCUT2D eigenvalue weighted by Gasteiger charge is -2.15. The van der Waals surface area contributed by atoms with Gasteiger partial charge in [0.1, 0.15) is 0 Å². The minimum atomic E-state index is 0.635. The van der Waals surface area contributed by atoms with E-state index in [0.717, 1.165) is 5.92 Å². The van der Waals surface area contributed by atoms with Crippen LogP contribution in [0.3, 0.4) is 0 Å². The maximum absolute atomic E-state index is 3.67. The van der Waals surface area contributed by atoms with Crippen LogP contribution in [-0.2, 0) is 0 Å². The van der Waals surface area contributed by atoms with Gasteiger partial charge in [-0.1, -0.05) is 43.5 Å². The van der Waals surface area contributed by atoms with Crippen molar-refractivity contribution in [3.63, 3.8) is 0 Å². The molecule has 0 heterocycles. The molecular formula is C7H8Br2. The van der Waals surface area contributed by atoms with Crippen LogP contribution in [-0.4, -0.2) is 9.65 Å². The maximum atomic E-state index is 3.67. The number of halogens is 2. The Labute approximate surface area is 72.0 Å². The molecular weight excluding hydrogens is 244 g/mol. The Morgan fingerprint density at radius 3 is 2.56 bits per heavy atom. The Morgan fingerprint density at radius 2 is 2.22 bits per heavy atom. The molecule has 0 N–H and O–H groups in total. The molecule has 3 unspecified atom stereocenters. The van der Waals surface area contributed by atoms with Crippen LogP contribution in [0.4, 0.5) is 0 Å². The topological polar surface area (TPSA) is 0 Å². The van der Waals surface area contributed by atoms with Crippen molar-refractivity contribution in [3.05, 3.63) is 11.6 Å². The Hall–Kier alpha value is 0.700. The van der Waals surface area contributed by atoms with Crippen LogP contribution in [0.1, 0.15) is 12.8 Å². The summed E-state index contributed by atoms with van der Waals surface area (Å²) in [5, 5.41) is 0. The van der Waals surface area contributed by atoms with Gasteiger partial charge < -0.3 is 0 Å². The average Bonchev–Trinajstić information content (AvgIpc) is 2.37. The summed E-state index contributed by atoms with van der Waals surface area (Å²) in [6.45, 7) is 0. The van der Waals surface area contributed by atoms with Gasteiger partial charge in [0, 0.05) is 9.65 Å². The predicted octanol–water partition coefficient (Wildman–Crippen LogP) is 2.86. The molecule has 0 aromatic rings. The molecule has 0 nitrogen and oxygen atoms in total. The first kappa shape index (κ1) is 6.41. The van der Waals surface area contributed by atoms with Crippen molar-refractivity contribution in [2.24, 2.45) is 5.92 Å². The van der Waals surface area contributed by atoms with E-state index in [0.29, 0.717) is 9.65 Å². The van der Waals surface area contributed by atoms with E-state index in [1.54, 1.807) is 5.57 Å². The Bertz CT molecular complexity index is 162. The summed E-state index contributed by atoms with van der Waals surface area (Å²) in [6.07, 6.45) is 5.00. The third-order valence-corrected chi connectivity index (χ3v) is 5.41. The van der Waals surface area contributed by atoms with Crippen LogP contribution in [0.5, 0.6) is 0 Å². The number of rotatable bonds is 0. The second-order valence-electron chi connectivity index (χ2n) is 2.83. The van der Waals surface area contributed by atoms with E-state index in [4.69, 9.17) is 0 Å². The van der Waals surface area contributed by atoms with Crippen molar-refractivity contribution in [2.75, 3.05) is 0 Å². The molecule has 0 radical (unpaired) electrons. The third-order valence-electron chi connectivity index (χ3n) is 2.26. The van der Waals surface area contributed by atoms with E-state index in [1.807, 2.05) is 0 Å². The zero-order valence-electron chi connectivity index (χ0n) is 4.98. The summed E-state index contributed by atoms with van der Waals surface area (Å²) < 4.78 is 0. The molecule has 2 aliphatic carbocycles. The van der Waals surface area contributed by atoms with Crippen molar-refractivity contribution < 1.29 is 0 Å². The zero-order chi connectivity index (χ0) is 6.43. The zero-order valence-corrected chi connectivity index (χ0v) is 8.15. The minimum Gasteiger partial charge on any atom is -0.0872 e. The third kappa shape index (κ3) is 0.829. The van der Waals surface area contributed by atoms with E-state index < -0.39 is 0 Å². The van der Waals surface area contributed by atoms with Crippen LogP contribution >= 0.6 is 31.9 Å². The molecule has 2 heteroatoms. The molecule has 2 rings (SSSR count). The summed E-state index contributed by atoms with van der Waals surface area (Å²) in [5.74, 6) is 0.893. The van der Waals surface area contributed by atoms with E-state index in [2.05, 4.69) is 37.9 Å². The number of allylic oxidation sites excluding steroid dienone is 2. The Balaban J connectivity index is 2.29.